The van der Waals surface area contributed by atoms with Gasteiger partial charge >= 0.3 is 0 Å². The van der Waals surface area contributed by atoms with Crippen LogP contribution in [0.4, 0.5) is 0 Å². The van der Waals surface area contributed by atoms with Gasteiger partial charge in [-0.25, -0.2) is 8.42 Å². The summed E-state index contributed by atoms with van der Waals surface area (Å²) in [7, 11) is -13.6. The first kappa shape index (κ1) is 20.9. The van der Waals surface area contributed by atoms with Gasteiger partial charge in [0.1, 0.15) is 4.90 Å². The van der Waals surface area contributed by atoms with E-state index in [4.69, 9.17) is 0 Å². The van der Waals surface area contributed by atoms with Gasteiger partial charge in [-0.1, -0.05) is 6.07 Å². The van der Waals surface area contributed by atoms with E-state index >= 15 is 0 Å². The lowest BCUT2D eigenvalue weighted by molar-refractivity contribution is 0.479. The van der Waals surface area contributed by atoms with Crippen LogP contribution in [-0.4, -0.2) is 40.6 Å². The largest absolute Gasteiger partial charge is 0.295 e. The highest BCUT2D eigenvalue weighted by molar-refractivity contribution is 7.99. The number of hydrogen-bond acceptors (Lipinski definition) is 7. The molecule has 0 spiro atoms. The molecule has 8 nitrogen and oxygen atoms in total. The average molecular weight is 439 g/mol. The van der Waals surface area contributed by atoms with Crippen LogP contribution in [0.5, 0.6) is 0 Å². The smallest absolute Gasteiger partial charge is 0.282 e. The normalized spacial score (nSPS) is 12.9. The predicted molar refractivity (Wildman–Crippen MR) is 94.5 cm³/mol. The monoisotopic (exact) mass is 438 g/mol. The molecule has 0 atom stereocenters. The van der Waals surface area contributed by atoms with E-state index in [1.54, 1.807) is 6.26 Å². The summed E-state index contributed by atoms with van der Waals surface area (Å²) in [5.41, 5.74) is 0.141. The Bertz CT molecular complexity index is 1180. The molecule has 12 heteroatoms. The van der Waals surface area contributed by atoms with Crippen molar-refractivity contribution in [3.8, 4) is 0 Å². The average Bonchev–Trinajstić information content (AvgIpc) is 2.52. The molecule has 0 heterocycles. The lowest BCUT2D eigenvalue weighted by Gasteiger charge is -2.10. The zero-order valence-corrected chi connectivity index (χ0v) is 16.7. The molecule has 0 aliphatic carbocycles. The van der Waals surface area contributed by atoms with Gasteiger partial charge in [0.15, 0.2) is 0 Å². The van der Waals surface area contributed by atoms with Crippen molar-refractivity contribution in [3.05, 3.63) is 42.0 Å². The molecule has 0 fully saturated rings. The van der Waals surface area contributed by atoms with E-state index < -0.39 is 49.7 Å². The molecule has 142 valence electrons. The maximum atomic E-state index is 12.7. The first-order valence-electron chi connectivity index (χ1n) is 6.77. The molecule has 0 aliphatic heterocycles. The fourth-order valence-corrected chi connectivity index (χ4v) is 6.03. The van der Waals surface area contributed by atoms with Gasteiger partial charge < -0.3 is 0 Å². The first-order valence-corrected chi connectivity index (χ1v) is 12.4. The second kappa shape index (κ2) is 6.94. The van der Waals surface area contributed by atoms with Crippen molar-refractivity contribution in [3.63, 3.8) is 0 Å². The number of hydrogen-bond donors (Lipinski definition) is 2. The van der Waals surface area contributed by atoms with E-state index in [2.05, 4.69) is 0 Å². The van der Waals surface area contributed by atoms with Gasteiger partial charge in [-0.05, 0) is 49.1 Å². The molecule has 0 bridgehead atoms. The summed E-state index contributed by atoms with van der Waals surface area (Å²) in [6, 6.07) is 6.28. The minimum atomic E-state index is -4.67. The van der Waals surface area contributed by atoms with E-state index in [-0.39, 0.29) is 10.5 Å². The van der Waals surface area contributed by atoms with Gasteiger partial charge in [-0.3, -0.25) is 9.11 Å². The Labute approximate surface area is 155 Å². The lowest BCUT2D eigenvalue weighted by atomic mass is 10.2. The van der Waals surface area contributed by atoms with Crippen molar-refractivity contribution >= 4 is 41.8 Å². The summed E-state index contributed by atoms with van der Waals surface area (Å²) in [6.45, 7) is 1.38. The number of sulfone groups is 1. The SMILES string of the molecule is CSc1ccc(S(=O)(=O)c2ccc(C)c(S(=O)(=O)O)c2)cc1S(=O)(=O)O. The standard InChI is InChI=1S/C14H14O8S4/c1-9-3-4-10(7-13(9)25(17,18)19)24(15,16)11-5-6-12(23-2)14(8-11)26(20,21)22/h3-8H,1-2H3,(H,17,18,19)(H,20,21,22). The topological polar surface area (TPSA) is 143 Å². The maximum Gasteiger partial charge on any atom is 0.295 e. The molecule has 2 aromatic carbocycles. The quantitative estimate of drug-likeness (QED) is 0.529. The Morgan fingerprint density at radius 2 is 1.23 bits per heavy atom. The molecule has 0 radical (unpaired) electrons. The van der Waals surface area contributed by atoms with Crippen LogP contribution in [-0.2, 0) is 30.1 Å². The molecule has 0 aliphatic rings. The molecule has 0 unspecified atom stereocenters. The van der Waals surface area contributed by atoms with Gasteiger partial charge in [0, 0.05) is 4.90 Å². The van der Waals surface area contributed by atoms with Crippen molar-refractivity contribution < 1.29 is 34.4 Å². The van der Waals surface area contributed by atoms with E-state index in [1.165, 1.54) is 19.1 Å². The van der Waals surface area contributed by atoms with Crippen LogP contribution in [0.25, 0.3) is 0 Å². The lowest BCUT2D eigenvalue weighted by Crippen LogP contribution is -2.08. The zero-order valence-electron chi connectivity index (χ0n) is 13.4. The van der Waals surface area contributed by atoms with Gasteiger partial charge in [0.2, 0.25) is 9.84 Å². The minimum Gasteiger partial charge on any atom is -0.282 e. The van der Waals surface area contributed by atoms with Crippen molar-refractivity contribution in [2.75, 3.05) is 6.26 Å². The third kappa shape index (κ3) is 4.10. The predicted octanol–water partition coefficient (Wildman–Crippen LogP) is 2.04. The summed E-state index contributed by atoms with van der Waals surface area (Å²) in [5, 5.41) is 0. The van der Waals surface area contributed by atoms with E-state index in [9.17, 15) is 34.4 Å². The zero-order chi connectivity index (χ0) is 19.9. The molecule has 0 aromatic heterocycles. The first-order chi connectivity index (χ1) is 11.8. The molecule has 0 saturated carbocycles. The van der Waals surface area contributed by atoms with Crippen LogP contribution in [0.1, 0.15) is 5.56 Å². The van der Waals surface area contributed by atoms with E-state index in [0.717, 1.165) is 36.0 Å². The Morgan fingerprint density at radius 3 is 1.69 bits per heavy atom. The van der Waals surface area contributed by atoms with Crippen LogP contribution in [0.15, 0.2) is 60.9 Å². The van der Waals surface area contributed by atoms with Crippen LogP contribution in [0.2, 0.25) is 0 Å². The summed E-state index contributed by atoms with van der Waals surface area (Å²) in [4.78, 5) is -1.90. The Balaban J connectivity index is 2.74. The Hall–Kier alpha value is -1.44. The minimum absolute atomic E-state index is 0.141. The van der Waals surface area contributed by atoms with Crippen molar-refractivity contribution in [1.82, 2.24) is 0 Å². The van der Waals surface area contributed by atoms with Gasteiger partial charge in [-0.15, -0.1) is 11.8 Å². The summed E-state index contributed by atoms with van der Waals surface area (Å²) in [6.07, 6.45) is 1.55. The highest BCUT2D eigenvalue weighted by Gasteiger charge is 2.25. The fraction of sp³-hybridized carbons (Fsp3) is 0.143. The number of thioether (sulfide) groups is 1. The summed E-state index contributed by atoms with van der Waals surface area (Å²) >= 11 is 0.999. The molecule has 2 N–H and O–H groups in total. The second-order valence-corrected chi connectivity index (χ2v) is 10.8. The number of benzene rings is 2. The molecule has 2 aromatic rings. The summed E-state index contributed by atoms with van der Waals surface area (Å²) in [5.74, 6) is 0. The Morgan fingerprint density at radius 1 is 0.769 bits per heavy atom. The third-order valence-electron chi connectivity index (χ3n) is 3.47. The fourth-order valence-electron chi connectivity index (χ4n) is 2.19. The molecule has 0 saturated heterocycles. The van der Waals surface area contributed by atoms with Gasteiger partial charge in [-0.2, -0.15) is 16.8 Å². The molecule has 0 amide bonds. The van der Waals surface area contributed by atoms with Crippen LogP contribution in [0.3, 0.4) is 0 Å². The Kier molecular flexibility index (Phi) is 5.57. The number of aryl methyl sites for hydroxylation is 1. The van der Waals surface area contributed by atoms with Crippen LogP contribution < -0.4 is 0 Å². The van der Waals surface area contributed by atoms with Crippen molar-refractivity contribution in [1.29, 1.82) is 0 Å². The molecule has 2 rings (SSSR count). The van der Waals surface area contributed by atoms with Crippen molar-refractivity contribution in [2.45, 2.75) is 31.4 Å². The molecular weight excluding hydrogens is 424 g/mol. The molecule has 26 heavy (non-hydrogen) atoms. The van der Waals surface area contributed by atoms with Crippen molar-refractivity contribution in [2.24, 2.45) is 0 Å². The van der Waals surface area contributed by atoms with Crippen LogP contribution in [0, 0.1) is 6.92 Å². The molecular formula is C14H14O8S4. The summed E-state index contributed by atoms with van der Waals surface area (Å²) < 4.78 is 89.8. The van der Waals surface area contributed by atoms with Crippen LogP contribution >= 0.6 is 11.8 Å². The second-order valence-electron chi connectivity index (χ2n) is 5.19. The van der Waals surface area contributed by atoms with E-state index in [0.29, 0.717) is 0 Å². The van der Waals surface area contributed by atoms with Gasteiger partial charge in [0.05, 0.1) is 14.7 Å². The highest BCUT2D eigenvalue weighted by atomic mass is 32.2. The highest BCUT2D eigenvalue weighted by Crippen LogP contribution is 2.31. The van der Waals surface area contributed by atoms with E-state index in [1.807, 2.05) is 0 Å². The number of rotatable bonds is 5. The maximum absolute atomic E-state index is 12.7. The third-order valence-corrected chi connectivity index (χ3v) is 8.03. The van der Waals surface area contributed by atoms with Gasteiger partial charge in [0.25, 0.3) is 20.2 Å².